The summed E-state index contributed by atoms with van der Waals surface area (Å²) in [5, 5.41) is 3.51. The number of hydrogen-bond donors (Lipinski definition) is 2. The second-order valence-corrected chi connectivity index (χ2v) is 6.63. The predicted octanol–water partition coefficient (Wildman–Crippen LogP) is 3.29. The van der Waals surface area contributed by atoms with Crippen LogP contribution >= 0.6 is 11.6 Å². The van der Waals surface area contributed by atoms with Crippen molar-refractivity contribution in [2.75, 3.05) is 6.61 Å². The third-order valence-electron chi connectivity index (χ3n) is 4.25. The van der Waals surface area contributed by atoms with Gasteiger partial charge >= 0.3 is 5.97 Å². The first-order valence-electron chi connectivity index (χ1n) is 8.82. The number of carbonyl (C=O) groups is 3. The highest BCUT2D eigenvalue weighted by atomic mass is 35.5. The maximum absolute atomic E-state index is 12.7. The number of nitrogens with one attached hydrogen (secondary N) is 2. The molecule has 6 nitrogen and oxygen atoms in total. The van der Waals surface area contributed by atoms with Crippen LogP contribution in [0.2, 0.25) is 5.02 Å². The normalized spacial score (nSPS) is 11.8. The highest BCUT2D eigenvalue weighted by Crippen LogP contribution is 2.22. The van der Waals surface area contributed by atoms with Crippen LogP contribution in [0, 0.1) is 0 Å². The van der Waals surface area contributed by atoms with E-state index in [1.54, 1.807) is 25.1 Å². The summed E-state index contributed by atoms with van der Waals surface area (Å²) in [4.78, 5) is 40.4. The van der Waals surface area contributed by atoms with E-state index >= 15 is 0 Å². The van der Waals surface area contributed by atoms with Gasteiger partial charge in [-0.1, -0.05) is 41.9 Å². The van der Waals surface area contributed by atoms with Crippen LogP contribution in [0.3, 0.4) is 0 Å². The smallest absolute Gasteiger partial charge is 0.328 e. The molecule has 1 atom stereocenters. The monoisotopic (exact) mass is 398 g/mol. The number of benzene rings is 2. The van der Waals surface area contributed by atoms with Gasteiger partial charge in [0.2, 0.25) is 0 Å². The maximum atomic E-state index is 12.7. The number of hydrogen-bond acceptors (Lipinski definition) is 4. The number of ketones is 1. The molecular formula is C21H19ClN2O4. The molecule has 0 aliphatic carbocycles. The van der Waals surface area contributed by atoms with Crippen molar-refractivity contribution in [3.05, 3.63) is 70.9 Å². The van der Waals surface area contributed by atoms with Crippen LogP contribution in [0.4, 0.5) is 0 Å². The van der Waals surface area contributed by atoms with Crippen molar-refractivity contribution in [3.63, 3.8) is 0 Å². The van der Waals surface area contributed by atoms with Gasteiger partial charge in [0.1, 0.15) is 6.04 Å². The van der Waals surface area contributed by atoms with Crippen molar-refractivity contribution in [1.29, 1.82) is 0 Å². The lowest BCUT2D eigenvalue weighted by Crippen LogP contribution is -2.46. The molecule has 1 amide bonds. The Balaban J connectivity index is 1.81. The summed E-state index contributed by atoms with van der Waals surface area (Å²) in [6.45, 7) is 1.86. The number of rotatable bonds is 7. The summed E-state index contributed by atoms with van der Waals surface area (Å²) in [5.41, 5.74) is 1.72. The van der Waals surface area contributed by atoms with Crippen LogP contribution in [-0.2, 0) is 20.7 Å². The van der Waals surface area contributed by atoms with Gasteiger partial charge in [0.15, 0.2) is 0 Å². The highest BCUT2D eigenvalue weighted by Gasteiger charge is 2.27. The van der Waals surface area contributed by atoms with Crippen molar-refractivity contribution < 1.29 is 19.1 Å². The fraction of sp³-hybridized carbons (Fsp3) is 0.190. The van der Waals surface area contributed by atoms with Gasteiger partial charge in [0.25, 0.3) is 11.7 Å². The Bertz CT molecular complexity index is 1010. The molecule has 0 unspecified atom stereocenters. The van der Waals surface area contributed by atoms with E-state index < -0.39 is 23.7 Å². The van der Waals surface area contributed by atoms with Crippen molar-refractivity contribution >= 4 is 40.2 Å². The summed E-state index contributed by atoms with van der Waals surface area (Å²) in [6, 6.07) is 13.2. The van der Waals surface area contributed by atoms with Crippen LogP contribution < -0.4 is 5.32 Å². The lowest BCUT2D eigenvalue weighted by atomic mass is 10.0. The third kappa shape index (κ3) is 4.40. The molecule has 0 aliphatic rings. The molecule has 0 bridgehead atoms. The predicted molar refractivity (Wildman–Crippen MR) is 106 cm³/mol. The SMILES string of the molecule is CCOC(=O)[C@H](Cc1ccccc1)NC(=O)C(=O)c1c[nH]c2ccc(Cl)cc12. The number of amides is 1. The topological polar surface area (TPSA) is 88.3 Å². The standard InChI is InChI=1S/C21H19ClN2O4/c1-2-28-21(27)18(10-13-6-4-3-5-7-13)24-20(26)19(25)16-12-23-17-9-8-14(22)11-15(16)17/h3-9,11-12,18,23H,2,10H2,1H3,(H,24,26)/t18-/m0/s1. The van der Waals surface area contributed by atoms with Crippen molar-refractivity contribution in [2.45, 2.75) is 19.4 Å². The van der Waals surface area contributed by atoms with Gasteiger partial charge in [-0.05, 0) is 30.7 Å². The lowest BCUT2D eigenvalue weighted by molar-refractivity contribution is -0.146. The largest absolute Gasteiger partial charge is 0.464 e. The van der Waals surface area contributed by atoms with E-state index in [-0.39, 0.29) is 18.6 Å². The van der Waals surface area contributed by atoms with Crippen LogP contribution in [0.25, 0.3) is 10.9 Å². The van der Waals surface area contributed by atoms with Crippen molar-refractivity contribution in [2.24, 2.45) is 0 Å². The van der Waals surface area contributed by atoms with Crippen LogP contribution in [0.5, 0.6) is 0 Å². The molecule has 144 valence electrons. The van der Waals surface area contributed by atoms with Gasteiger partial charge in [0.05, 0.1) is 12.2 Å². The van der Waals surface area contributed by atoms with Gasteiger partial charge in [-0.3, -0.25) is 9.59 Å². The molecule has 0 radical (unpaired) electrons. The number of Topliss-reactive ketones (excluding diaryl/α,β-unsaturated/α-hetero) is 1. The van der Waals surface area contributed by atoms with E-state index in [9.17, 15) is 14.4 Å². The molecule has 7 heteroatoms. The molecule has 0 fully saturated rings. The molecular weight excluding hydrogens is 380 g/mol. The molecule has 3 aromatic rings. The molecule has 0 saturated heterocycles. The van der Waals surface area contributed by atoms with Gasteiger partial charge in [-0.25, -0.2) is 4.79 Å². The second kappa shape index (κ2) is 8.71. The van der Waals surface area contributed by atoms with Crippen molar-refractivity contribution in [1.82, 2.24) is 10.3 Å². The Hall–Kier alpha value is -3.12. The number of halogens is 1. The quantitative estimate of drug-likeness (QED) is 0.363. The molecule has 28 heavy (non-hydrogen) atoms. The van der Waals surface area contributed by atoms with E-state index in [0.29, 0.717) is 15.9 Å². The summed E-state index contributed by atoms with van der Waals surface area (Å²) >= 11 is 6.00. The Morgan fingerprint density at radius 3 is 2.61 bits per heavy atom. The zero-order chi connectivity index (χ0) is 20.1. The first-order valence-corrected chi connectivity index (χ1v) is 9.19. The Morgan fingerprint density at radius 2 is 1.89 bits per heavy atom. The first kappa shape index (κ1) is 19.6. The molecule has 2 aromatic carbocycles. The number of ether oxygens (including phenoxy) is 1. The molecule has 0 spiro atoms. The summed E-state index contributed by atoms with van der Waals surface area (Å²) in [7, 11) is 0. The molecule has 2 N–H and O–H groups in total. The number of H-pyrrole nitrogens is 1. The maximum Gasteiger partial charge on any atom is 0.328 e. The van der Waals surface area contributed by atoms with Crippen LogP contribution in [0.1, 0.15) is 22.8 Å². The molecule has 3 rings (SSSR count). The number of aromatic nitrogens is 1. The van der Waals surface area contributed by atoms with Crippen LogP contribution in [0.15, 0.2) is 54.7 Å². The number of aromatic amines is 1. The minimum Gasteiger partial charge on any atom is -0.464 e. The Labute approximate surface area is 166 Å². The van der Waals surface area contributed by atoms with Crippen LogP contribution in [-0.4, -0.2) is 35.3 Å². The molecule has 0 aliphatic heterocycles. The summed E-state index contributed by atoms with van der Waals surface area (Å²) < 4.78 is 5.04. The fourth-order valence-electron chi connectivity index (χ4n) is 2.91. The third-order valence-corrected chi connectivity index (χ3v) is 4.49. The first-order chi connectivity index (χ1) is 13.5. The average molecular weight is 399 g/mol. The number of fused-ring (bicyclic) bond motifs is 1. The van der Waals surface area contributed by atoms with Crippen molar-refractivity contribution in [3.8, 4) is 0 Å². The Kier molecular flexibility index (Phi) is 6.11. The summed E-state index contributed by atoms with van der Waals surface area (Å²) in [6.07, 6.45) is 1.68. The zero-order valence-electron chi connectivity index (χ0n) is 15.2. The van der Waals surface area contributed by atoms with E-state index in [1.807, 2.05) is 30.3 Å². The average Bonchev–Trinajstić information content (AvgIpc) is 3.10. The minimum atomic E-state index is -0.965. The zero-order valence-corrected chi connectivity index (χ0v) is 16.0. The minimum absolute atomic E-state index is 0.175. The van der Waals surface area contributed by atoms with E-state index in [2.05, 4.69) is 10.3 Å². The summed E-state index contributed by atoms with van der Waals surface area (Å²) in [5.74, 6) is -2.22. The van der Waals surface area contributed by atoms with Gasteiger partial charge in [0, 0.05) is 28.5 Å². The van der Waals surface area contributed by atoms with E-state index in [1.165, 1.54) is 6.20 Å². The van der Waals surface area contributed by atoms with Gasteiger partial charge < -0.3 is 15.0 Å². The molecule has 1 heterocycles. The van der Waals surface area contributed by atoms with E-state index in [0.717, 1.165) is 5.56 Å². The highest BCUT2D eigenvalue weighted by molar-refractivity contribution is 6.45. The number of esters is 1. The second-order valence-electron chi connectivity index (χ2n) is 6.19. The Morgan fingerprint density at radius 1 is 1.14 bits per heavy atom. The number of carbonyl (C=O) groups excluding carboxylic acids is 3. The molecule has 1 aromatic heterocycles. The van der Waals surface area contributed by atoms with Gasteiger partial charge in [-0.2, -0.15) is 0 Å². The van der Waals surface area contributed by atoms with E-state index in [4.69, 9.17) is 16.3 Å². The lowest BCUT2D eigenvalue weighted by Gasteiger charge is -2.17. The fourth-order valence-corrected chi connectivity index (χ4v) is 3.08. The van der Waals surface area contributed by atoms with Gasteiger partial charge in [-0.15, -0.1) is 0 Å². The molecule has 0 saturated carbocycles.